The first-order valence-electron chi connectivity index (χ1n) is 19.1. The molecule has 4 aromatic carbocycles. The van der Waals surface area contributed by atoms with Crippen molar-refractivity contribution in [3.8, 4) is 40.0 Å². The van der Waals surface area contributed by atoms with Gasteiger partial charge in [0.1, 0.15) is 35.8 Å². The van der Waals surface area contributed by atoms with Gasteiger partial charge in [-0.05, 0) is 84.8 Å². The fourth-order valence-corrected chi connectivity index (χ4v) is 7.59. The molecule has 3 heterocycles. The molecule has 14 heteroatoms. The number of aromatic amines is 1. The van der Waals surface area contributed by atoms with Crippen LogP contribution in [0.3, 0.4) is 0 Å². The molecule has 7 rings (SSSR count). The van der Waals surface area contributed by atoms with Crippen LogP contribution in [0, 0.1) is 11.3 Å². The van der Waals surface area contributed by atoms with Crippen molar-refractivity contribution < 1.29 is 33.8 Å². The van der Waals surface area contributed by atoms with Crippen LogP contribution in [0.5, 0.6) is 11.5 Å². The number of H-pyrrole nitrogens is 1. The SMILES string of the molecule is N#Cc1c(-c2cccc(OCc3ccccc3)c2)cc(-c2cc(Cl)c(CCCCCCC(=O)Nc3cccc4c3C(=O)N(C3CCC(=O)NC3=O)C4=O)cc2O)[nH]c1=O. The van der Waals surface area contributed by atoms with E-state index in [4.69, 9.17) is 16.3 Å². The van der Waals surface area contributed by atoms with Crippen molar-refractivity contribution in [3.63, 3.8) is 0 Å². The highest BCUT2D eigenvalue weighted by Gasteiger charge is 2.45. The number of aromatic nitrogens is 1. The Morgan fingerprint density at radius 1 is 0.881 bits per heavy atom. The zero-order valence-electron chi connectivity index (χ0n) is 31.7. The summed E-state index contributed by atoms with van der Waals surface area (Å²) in [5, 5.41) is 26.3. The summed E-state index contributed by atoms with van der Waals surface area (Å²) in [5.74, 6) is -2.41. The van der Waals surface area contributed by atoms with Crippen LogP contribution in [-0.2, 0) is 27.4 Å². The minimum Gasteiger partial charge on any atom is -0.507 e. The summed E-state index contributed by atoms with van der Waals surface area (Å²) in [7, 11) is 0. The highest BCUT2D eigenvalue weighted by Crippen LogP contribution is 2.37. The maximum atomic E-state index is 13.3. The predicted octanol–water partition coefficient (Wildman–Crippen LogP) is 7.05. The van der Waals surface area contributed by atoms with E-state index in [1.165, 1.54) is 12.1 Å². The summed E-state index contributed by atoms with van der Waals surface area (Å²) in [4.78, 5) is 80.0. The Bertz CT molecular complexity index is 2600. The van der Waals surface area contributed by atoms with Crippen LogP contribution in [0.25, 0.3) is 22.4 Å². The van der Waals surface area contributed by atoms with Crippen molar-refractivity contribution in [2.75, 3.05) is 5.32 Å². The molecule has 0 aliphatic carbocycles. The van der Waals surface area contributed by atoms with Gasteiger partial charge in [0.15, 0.2) is 0 Å². The minimum atomic E-state index is -1.11. The lowest BCUT2D eigenvalue weighted by Gasteiger charge is -2.27. The zero-order valence-corrected chi connectivity index (χ0v) is 32.4. The molecule has 1 aromatic heterocycles. The van der Waals surface area contributed by atoms with Gasteiger partial charge in [0.2, 0.25) is 17.7 Å². The van der Waals surface area contributed by atoms with Crippen molar-refractivity contribution in [1.82, 2.24) is 15.2 Å². The number of aromatic hydroxyl groups is 1. The van der Waals surface area contributed by atoms with Gasteiger partial charge >= 0.3 is 0 Å². The van der Waals surface area contributed by atoms with E-state index < -0.39 is 35.2 Å². The number of phenols is 1. The van der Waals surface area contributed by atoms with E-state index in [1.54, 1.807) is 48.5 Å². The lowest BCUT2D eigenvalue weighted by molar-refractivity contribution is -0.136. The van der Waals surface area contributed by atoms with E-state index in [0.29, 0.717) is 65.3 Å². The van der Waals surface area contributed by atoms with Gasteiger partial charge in [-0.25, -0.2) is 0 Å². The van der Waals surface area contributed by atoms with Gasteiger partial charge in [-0.1, -0.05) is 73.0 Å². The Hall–Kier alpha value is -7.04. The summed E-state index contributed by atoms with van der Waals surface area (Å²) in [6.07, 6.45) is 3.44. The number of amides is 5. The molecule has 0 spiro atoms. The quantitative estimate of drug-likeness (QED) is 0.0670. The summed E-state index contributed by atoms with van der Waals surface area (Å²) in [6, 6.07) is 27.0. The third kappa shape index (κ3) is 8.78. The Kier molecular flexibility index (Phi) is 12.0. The van der Waals surface area contributed by atoms with Crippen molar-refractivity contribution >= 4 is 46.8 Å². The smallest absolute Gasteiger partial charge is 0.266 e. The van der Waals surface area contributed by atoms with Crippen LogP contribution in [0.4, 0.5) is 5.69 Å². The van der Waals surface area contributed by atoms with Crippen LogP contribution in [0.15, 0.2) is 95.8 Å². The molecule has 13 nitrogen and oxygen atoms in total. The molecule has 4 N–H and O–H groups in total. The first-order chi connectivity index (χ1) is 28.5. The average Bonchev–Trinajstić information content (AvgIpc) is 3.48. The summed E-state index contributed by atoms with van der Waals surface area (Å²) in [6.45, 7) is 0.341. The minimum absolute atomic E-state index is 0.00290. The normalized spacial score (nSPS) is 14.8. The van der Waals surface area contributed by atoms with Crippen LogP contribution in [-0.4, -0.2) is 50.6 Å². The summed E-state index contributed by atoms with van der Waals surface area (Å²) >= 11 is 6.69. The van der Waals surface area contributed by atoms with Crippen molar-refractivity contribution in [2.24, 2.45) is 0 Å². The number of nitriles is 1. The number of phenolic OH excluding ortho intramolecular Hbond substituents is 1. The van der Waals surface area contributed by atoms with Crippen LogP contribution < -0.4 is 20.9 Å². The summed E-state index contributed by atoms with van der Waals surface area (Å²) in [5.41, 5.74) is 2.81. The number of nitrogens with one attached hydrogen (secondary N) is 3. The molecule has 1 unspecified atom stereocenters. The number of pyridine rings is 1. The Balaban J connectivity index is 0.934. The molecule has 0 bridgehead atoms. The van der Waals surface area contributed by atoms with E-state index >= 15 is 0 Å². The number of hydrogen-bond donors (Lipinski definition) is 4. The molecule has 0 radical (unpaired) electrons. The van der Waals surface area contributed by atoms with Gasteiger partial charge in [0.05, 0.1) is 22.5 Å². The number of ether oxygens (including phenoxy) is 1. The van der Waals surface area contributed by atoms with Gasteiger partial charge in [-0.3, -0.25) is 39.0 Å². The van der Waals surface area contributed by atoms with E-state index in [-0.39, 0.29) is 59.0 Å². The number of unbranched alkanes of at least 4 members (excludes halogenated alkanes) is 3. The molecule has 2 aliphatic heterocycles. The zero-order chi connectivity index (χ0) is 41.6. The molecule has 1 atom stereocenters. The number of nitrogens with zero attached hydrogens (tertiary/aromatic N) is 2. The largest absolute Gasteiger partial charge is 0.507 e. The van der Waals surface area contributed by atoms with Crippen LogP contribution in [0.2, 0.25) is 5.02 Å². The first kappa shape index (κ1) is 40.2. The highest BCUT2D eigenvalue weighted by molar-refractivity contribution is 6.31. The molecule has 2 aliphatic rings. The molecular weight excluding hydrogens is 774 g/mol. The molecule has 0 saturated carbocycles. The molecule has 5 aromatic rings. The molecule has 59 heavy (non-hydrogen) atoms. The van der Waals surface area contributed by atoms with Crippen LogP contribution >= 0.6 is 11.6 Å². The van der Waals surface area contributed by atoms with E-state index in [9.17, 15) is 39.1 Å². The van der Waals surface area contributed by atoms with E-state index in [1.807, 2.05) is 36.4 Å². The Morgan fingerprint density at radius 2 is 1.66 bits per heavy atom. The number of carbonyl (C=O) groups excluding carboxylic acids is 5. The summed E-state index contributed by atoms with van der Waals surface area (Å²) < 4.78 is 5.97. The van der Waals surface area contributed by atoms with Gasteiger partial charge in [0.25, 0.3) is 17.4 Å². The van der Waals surface area contributed by atoms with E-state index in [0.717, 1.165) is 16.9 Å². The maximum absolute atomic E-state index is 13.3. The predicted molar refractivity (Wildman–Crippen MR) is 219 cm³/mol. The number of anilines is 1. The number of halogens is 1. The van der Waals surface area contributed by atoms with Gasteiger partial charge < -0.3 is 20.1 Å². The number of rotatable bonds is 14. The second-order valence-electron chi connectivity index (χ2n) is 14.3. The highest BCUT2D eigenvalue weighted by atomic mass is 35.5. The van der Waals surface area contributed by atoms with Crippen molar-refractivity contribution in [3.05, 3.63) is 134 Å². The molecule has 298 valence electrons. The molecule has 1 saturated heterocycles. The topological polar surface area (TPSA) is 199 Å². The Morgan fingerprint density at radius 3 is 2.44 bits per heavy atom. The third-order valence-electron chi connectivity index (χ3n) is 10.3. The molecule has 1 fully saturated rings. The number of imide groups is 2. The lowest BCUT2D eigenvalue weighted by atomic mass is 9.97. The van der Waals surface area contributed by atoms with Gasteiger partial charge in [0, 0.05) is 29.0 Å². The Labute approximate surface area is 343 Å². The van der Waals surface area contributed by atoms with Gasteiger partial charge in [-0.2, -0.15) is 5.26 Å². The van der Waals surface area contributed by atoms with Gasteiger partial charge in [-0.15, -0.1) is 0 Å². The average molecular weight is 812 g/mol. The molecular formula is C45H38ClN5O8. The maximum Gasteiger partial charge on any atom is 0.266 e. The fraction of sp³-hybridized carbons (Fsp3) is 0.222. The second kappa shape index (κ2) is 17.6. The number of fused-ring (bicyclic) bond motifs is 1. The van der Waals surface area contributed by atoms with Crippen molar-refractivity contribution in [1.29, 1.82) is 5.26 Å². The number of aryl methyl sites for hydroxylation is 1. The van der Waals surface area contributed by atoms with E-state index in [2.05, 4.69) is 15.6 Å². The fourth-order valence-electron chi connectivity index (χ4n) is 7.34. The first-order valence-corrected chi connectivity index (χ1v) is 19.5. The third-order valence-corrected chi connectivity index (χ3v) is 10.7. The number of piperidine rings is 1. The standard InChI is InChI=1S/C45H38ClN5O8/c46-34-22-32(36-23-31(33(24-47)42(55)49-36)27-13-8-14-29(20-27)59-25-26-10-4-3-5-11-26)38(52)21-28(34)12-6-1-2-7-17-39(53)48-35-16-9-15-30-41(35)45(58)51(44(30)57)37-18-19-40(54)50-43(37)56/h3-5,8-11,13-16,20-23,37,52H,1-2,6-7,12,17-19,25H2,(H,48,53)(H,49,55)(H,50,54,56). The number of benzene rings is 4. The van der Waals surface area contributed by atoms with Crippen molar-refractivity contribution in [2.45, 2.75) is 64.0 Å². The lowest BCUT2D eigenvalue weighted by Crippen LogP contribution is -2.54. The number of carbonyl (C=O) groups is 5. The molecule has 5 amide bonds. The number of hydrogen-bond acceptors (Lipinski definition) is 9. The van der Waals surface area contributed by atoms with Crippen LogP contribution in [0.1, 0.15) is 82.4 Å². The monoisotopic (exact) mass is 811 g/mol. The second-order valence-corrected chi connectivity index (χ2v) is 14.7.